The van der Waals surface area contributed by atoms with Crippen LogP contribution in [0.15, 0.2) is 18.2 Å². The predicted octanol–water partition coefficient (Wildman–Crippen LogP) is 2.45. The molecule has 1 aromatic carbocycles. The number of fused-ring (bicyclic) bond motifs is 1. The van der Waals surface area contributed by atoms with Crippen LogP contribution in [0.25, 0.3) is 11.0 Å². The molecule has 2 rings (SSSR count). The van der Waals surface area contributed by atoms with Crippen molar-refractivity contribution in [2.45, 2.75) is 26.4 Å². The van der Waals surface area contributed by atoms with Gasteiger partial charge in [0.05, 0.1) is 11.0 Å². The lowest BCUT2D eigenvalue weighted by atomic mass is 10.2. The number of hydrogen-bond donors (Lipinski definition) is 1. The zero-order valence-electron chi connectivity index (χ0n) is 8.95. The summed E-state index contributed by atoms with van der Waals surface area (Å²) in [6.07, 6.45) is -2.55. The Morgan fingerprint density at radius 1 is 1.44 bits per heavy atom. The maximum absolute atomic E-state index is 12.7. The van der Waals surface area contributed by atoms with E-state index in [1.165, 1.54) is 4.57 Å². The normalized spacial score (nSPS) is 11.6. The summed E-state index contributed by atoms with van der Waals surface area (Å²) in [4.78, 5) is 3.95. The number of aromatic nitrogens is 2. The van der Waals surface area contributed by atoms with Gasteiger partial charge in [0, 0.05) is 13.1 Å². The molecule has 0 fully saturated rings. The van der Waals surface area contributed by atoms with Gasteiger partial charge in [-0.2, -0.15) is 0 Å². The highest BCUT2D eigenvalue weighted by Gasteiger charge is 2.17. The topological polar surface area (TPSA) is 43.8 Å². The molecule has 0 aliphatic heterocycles. The van der Waals surface area contributed by atoms with Crippen LogP contribution >= 0.6 is 0 Å². The second-order valence-electron chi connectivity index (χ2n) is 3.54. The monoisotopic (exact) mass is 225 g/mol. The average molecular weight is 225 g/mol. The van der Waals surface area contributed by atoms with Crippen LogP contribution in [0.1, 0.15) is 24.7 Å². The van der Waals surface area contributed by atoms with E-state index in [1.807, 2.05) is 13.0 Å². The van der Waals surface area contributed by atoms with Crippen LogP contribution in [-0.4, -0.2) is 9.55 Å². The van der Waals surface area contributed by atoms with Crippen LogP contribution in [-0.2, 0) is 13.1 Å². The summed E-state index contributed by atoms with van der Waals surface area (Å²) in [5.74, 6) is -0.174. The smallest absolute Gasteiger partial charge is 0.295 e. The maximum atomic E-state index is 12.7. The molecule has 3 nitrogen and oxygen atoms in total. The van der Waals surface area contributed by atoms with Gasteiger partial charge in [0.25, 0.3) is 6.43 Å². The third-order valence-electron chi connectivity index (χ3n) is 2.59. The van der Waals surface area contributed by atoms with Gasteiger partial charge in [-0.3, -0.25) is 0 Å². The molecule has 86 valence electrons. The Morgan fingerprint density at radius 3 is 2.75 bits per heavy atom. The molecule has 2 aromatic rings. The summed E-state index contributed by atoms with van der Waals surface area (Å²) in [7, 11) is 0. The van der Waals surface area contributed by atoms with Gasteiger partial charge < -0.3 is 10.3 Å². The Hall–Kier alpha value is -1.49. The summed E-state index contributed by atoms with van der Waals surface area (Å²) >= 11 is 0. The highest BCUT2D eigenvalue weighted by molar-refractivity contribution is 5.77. The number of nitrogens with zero attached hydrogens (tertiary/aromatic N) is 2. The highest BCUT2D eigenvalue weighted by Crippen LogP contribution is 2.24. The summed E-state index contributed by atoms with van der Waals surface area (Å²) in [5, 5.41) is 0. The number of benzene rings is 1. The van der Waals surface area contributed by atoms with Crippen molar-refractivity contribution >= 4 is 11.0 Å². The molecule has 0 bridgehead atoms. The van der Waals surface area contributed by atoms with Crippen LogP contribution in [0.4, 0.5) is 8.78 Å². The molecule has 1 aromatic heterocycles. The largest absolute Gasteiger partial charge is 0.326 e. The van der Waals surface area contributed by atoms with Crippen LogP contribution in [0.3, 0.4) is 0 Å². The Kier molecular flexibility index (Phi) is 2.87. The van der Waals surface area contributed by atoms with Gasteiger partial charge in [0.1, 0.15) is 0 Å². The molecule has 16 heavy (non-hydrogen) atoms. The molecule has 1 heterocycles. The van der Waals surface area contributed by atoms with E-state index in [1.54, 1.807) is 12.1 Å². The lowest BCUT2D eigenvalue weighted by Crippen LogP contribution is -2.01. The van der Waals surface area contributed by atoms with Crippen LogP contribution in [0.5, 0.6) is 0 Å². The van der Waals surface area contributed by atoms with Gasteiger partial charge in [0.2, 0.25) is 0 Å². The molecule has 0 amide bonds. The molecule has 0 radical (unpaired) electrons. The minimum Gasteiger partial charge on any atom is -0.326 e. The SMILES string of the molecule is CCn1c(C(F)F)nc2cc(CN)ccc21. The molecular weight excluding hydrogens is 212 g/mol. The Morgan fingerprint density at radius 2 is 2.19 bits per heavy atom. The van der Waals surface area contributed by atoms with Gasteiger partial charge >= 0.3 is 0 Å². The van der Waals surface area contributed by atoms with Crippen molar-refractivity contribution in [2.75, 3.05) is 0 Å². The fourth-order valence-corrected chi connectivity index (χ4v) is 1.82. The summed E-state index contributed by atoms with van der Waals surface area (Å²) in [5.41, 5.74) is 7.71. The van der Waals surface area contributed by atoms with E-state index in [-0.39, 0.29) is 5.82 Å². The Balaban J connectivity index is 2.66. The lowest BCUT2D eigenvalue weighted by molar-refractivity contribution is 0.136. The van der Waals surface area contributed by atoms with E-state index in [2.05, 4.69) is 4.98 Å². The van der Waals surface area contributed by atoms with Gasteiger partial charge in [-0.05, 0) is 24.6 Å². The van der Waals surface area contributed by atoms with Crippen molar-refractivity contribution in [3.63, 3.8) is 0 Å². The van der Waals surface area contributed by atoms with Crippen molar-refractivity contribution in [1.82, 2.24) is 9.55 Å². The van der Waals surface area contributed by atoms with E-state index < -0.39 is 6.43 Å². The molecule has 0 aliphatic rings. The molecule has 0 atom stereocenters. The van der Waals surface area contributed by atoms with E-state index in [0.717, 1.165) is 11.1 Å². The average Bonchev–Trinajstić information content (AvgIpc) is 2.66. The number of imidazole rings is 1. The quantitative estimate of drug-likeness (QED) is 0.871. The lowest BCUT2D eigenvalue weighted by Gasteiger charge is -2.04. The van der Waals surface area contributed by atoms with Crippen molar-refractivity contribution in [2.24, 2.45) is 5.73 Å². The van der Waals surface area contributed by atoms with Crippen molar-refractivity contribution < 1.29 is 8.78 Å². The third kappa shape index (κ3) is 1.67. The fraction of sp³-hybridized carbons (Fsp3) is 0.364. The number of nitrogens with two attached hydrogens (primary N) is 1. The Labute approximate surface area is 91.9 Å². The van der Waals surface area contributed by atoms with Gasteiger partial charge in [-0.15, -0.1) is 0 Å². The zero-order chi connectivity index (χ0) is 11.7. The third-order valence-corrected chi connectivity index (χ3v) is 2.59. The molecule has 0 unspecified atom stereocenters. The number of rotatable bonds is 3. The first-order valence-corrected chi connectivity index (χ1v) is 5.14. The molecule has 0 saturated carbocycles. The number of hydrogen-bond acceptors (Lipinski definition) is 2. The molecule has 5 heteroatoms. The number of aryl methyl sites for hydroxylation is 1. The van der Waals surface area contributed by atoms with Crippen LogP contribution in [0, 0.1) is 0 Å². The van der Waals surface area contributed by atoms with E-state index >= 15 is 0 Å². The van der Waals surface area contributed by atoms with Crippen LogP contribution in [0.2, 0.25) is 0 Å². The second-order valence-corrected chi connectivity index (χ2v) is 3.54. The number of halogens is 2. The summed E-state index contributed by atoms with van der Waals surface area (Å²) in [6.45, 7) is 2.70. The molecule has 0 aliphatic carbocycles. The van der Waals surface area contributed by atoms with E-state index in [9.17, 15) is 8.78 Å². The fourth-order valence-electron chi connectivity index (χ4n) is 1.82. The van der Waals surface area contributed by atoms with Gasteiger partial charge in [0.15, 0.2) is 5.82 Å². The molecule has 0 saturated heterocycles. The Bertz CT molecular complexity index is 505. The van der Waals surface area contributed by atoms with Gasteiger partial charge in [-0.25, -0.2) is 13.8 Å². The molecule has 2 N–H and O–H groups in total. The number of alkyl halides is 2. The molecule has 0 spiro atoms. The minimum atomic E-state index is -2.55. The minimum absolute atomic E-state index is 0.174. The van der Waals surface area contributed by atoms with Crippen molar-refractivity contribution in [3.8, 4) is 0 Å². The van der Waals surface area contributed by atoms with Gasteiger partial charge in [-0.1, -0.05) is 6.07 Å². The zero-order valence-corrected chi connectivity index (χ0v) is 8.95. The first kappa shape index (κ1) is 11.0. The predicted molar refractivity (Wildman–Crippen MR) is 58.3 cm³/mol. The standard InChI is InChI=1S/C11H13F2N3/c1-2-16-9-4-3-7(6-14)5-8(9)15-11(16)10(12)13/h3-5,10H,2,6,14H2,1H3. The van der Waals surface area contributed by atoms with E-state index in [0.29, 0.717) is 18.6 Å². The van der Waals surface area contributed by atoms with Crippen LogP contribution < -0.4 is 5.73 Å². The summed E-state index contributed by atoms with van der Waals surface area (Å²) in [6, 6.07) is 5.39. The maximum Gasteiger partial charge on any atom is 0.295 e. The van der Waals surface area contributed by atoms with Crippen molar-refractivity contribution in [3.05, 3.63) is 29.6 Å². The second kappa shape index (κ2) is 4.17. The first-order valence-electron chi connectivity index (χ1n) is 5.14. The first-order chi connectivity index (χ1) is 7.67. The summed E-state index contributed by atoms with van der Waals surface area (Å²) < 4.78 is 27.0. The van der Waals surface area contributed by atoms with Crippen molar-refractivity contribution in [1.29, 1.82) is 0 Å². The van der Waals surface area contributed by atoms with E-state index in [4.69, 9.17) is 5.73 Å². The molecular formula is C11H13F2N3. The highest BCUT2D eigenvalue weighted by atomic mass is 19.3.